The Morgan fingerprint density at radius 3 is 2.95 bits per heavy atom. The molecule has 2 aromatic rings. The molecule has 6 heteroatoms. The highest BCUT2D eigenvalue weighted by atomic mass is 79.9. The van der Waals surface area contributed by atoms with Gasteiger partial charge in [0.2, 0.25) is 5.91 Å². The number of carbonyl (C=O) groups is 1. The lowest BCUT2D eigenvalue weighted by molar-refractivity contribution is -0.115. The molecular weight excluding hydrogens is 342 g/mol. The summed E-state index contributed by atoms with van der Waals surface area (Å²) in [5, 5.41) is 12.0. The Labute approximate surface area is 129 Å². The second-order valence-electron chi connectivity index (χ2n) is 4.02. The third-order valence-electron chi connectivity index (χ3n) is 2.50. The zero-order chi connectivity index (χ0) is 14.5. The molecule has 4 nitrogen and oxygen atoms in total. The van der Waals surface area contributed by atoms with Crippen molar-refractivity contribution in [2.45, 2.75) is 6.42 Å². The Morgan fingerprint density at radius 2 is 2.25 bits per heavy atom. The topological polar surface area (TPSA) is 65.8 Å². The van der Waals surface area contributed by atoms with Crippen molar-refractivity contribution in [2.75, 3.05) is 5.32 Å². The van der Waals surface area contributed by atoms with Crippen LogP contribution in [0.25, 0.3) is 0 Å². The molecule has 0 unspecified atom stereocenters. The maximum Gasteiger partial charge on any atom is 0.229 e. The van der Waals surface area contributed by atoms with Crippen molar-refractivity contribution in [3.05, 3.63) is 57.2 Å². The van der Waals surface area contributed by atoms with Crippen molar-refractivity contribution < 1.29 is 4.79 Å². The lowest BCUT2D eigenvalue weighted by Crippen LogP contribution is -2.15. The van der Waals surface area contributed by atoms with E-state index >= 15 is 0 Å². The largest absolute Gasteiger partial charge is 0.310 e. The number of halogens is 2. The summed E-state index contributed by atoms with van der Waals surface area (Å²) < 4.78 is 0.663. The van der Waals surface area contributed by atoms with Crippen molar-refractivity contribution in [1.29, 1.82) is 5.26 Å². The van der Waals surface area contributed by atoms with Crippen LogP contribution >= 0.6 is 27.5 Å². The molecule has 0 saturated heterocycles. The number of aromatic nitrogens is 1. The van der Waals surface area contributed by atoms with Gasteiger partial charge in [-0.05, 0) is 39.7 Å². The first-order chi connectivity index (χ1) is 9.58. The van der Waals surface area contributed by atoms with Gasteiger partial charge in [-0.25, -0.2) is 4.98 Å². The predicted molar refractivity (Wildman–Crippen MR) is 80.4 cm³/mol. The molecule has 1 amide bonds. The van der Waals surface area contributed by atoms with E-state index in [9.17, 15) is 4.79 Å². The third kappa shape index (κ3) is 3.80. The number of nitrogens with zero attached hydrogens (tertiary/aromatic N) is 2. The van der Waals surface area contributed by atoms with E-state index in [1.807, 2.05) is 6.07 Å². The summed E-state index contributed by atoms with van der Waals surface area (Å²) in [5.74, 6) is 0.213. The Bertz CT molecular complexity index is 697. The molecule has 0 fully saturated rings. The normalized spacial score (nSPS) is 9.85. The molecular formula is C14H9BrClN3O. The summed E-state index contributed by atoms with van der Waals surface area (Å²) in [6.45, 7) is 0. The zero-order valence-electron chi connectivity index (χ0n) is 10.2. The summed E-state index contributed by atoms with van der Waals surface area (Å²) in [6.07, 6.45) is 1.63. The van der Waals surface area contributed by atoms with Crippen molar-refractivity contribution in [2.24, 2.45) is 0 Å². The van der Waals surface area contributed by atoms with E-state index in [4.69, 9.17) is 16.9 Å². The number of nitrogens with one attached hydrogen (secondary N) is 1. The van der Waals surface area contributed by atoms with Gasteiger partial charge in [0.1, 0.15) is 5.82 Å². The summed E-state index contributed by atoms with van der Waals surface area (Å²) in [7, 11) is 0. The number of nitriles is 1. The van der Waals surface area contributed by atoms with Crippen molar-refractivity contribution >= 4 is 39.3 Å². The molecule has 20 heavy (non-hydrogen) atoms. The molecule has 1 aromatic heterocycles. The highest BCUT2D eigenvalue weighted by molar-refractivity contribution is 9.10. The fourth-order valence-corrected chi connectivity index (χ4v) is 2.03. The highest BCUT2D eigenvalue weighted by Gasteiger charge is 2.07. The van der Waals surface area contributed by atoms with E-state index in [-0.39, 0.29) is 12.3 Å². The lowest BCUT2D eigenvalue weighted by Gasteiger charge is -2.05. The number of benzene rings is 1. The van der Waals surface area contributed by atoms with E-state index in [0.717, 1.165) is 5.56 Å². The van der Waals surface area contributed by atoms with Crippen LogP contribution in [0.4, 0.5) is 5.82 Å². The van der Waals surface area contributed by atoms with Gasteiger partial charge in [-0.3, -0.25) is 4.79 Å². The highest BCUT2D eigenvalue weighted by Crippen LogP contribution is 2.23. The second kappa shape index (κ2) is 6.51. The van der Waals surface area contributed by atoms with Crippen LogP contribution in [0, 0.1) is 11.3 Å². The van der Waals surface area contributed by atoms with Crippen LogP contribution in [0.15, 0.2) is 41.0 Å². The van der Waals surface area contributed by atoms with E-state index in [2.05, 4.69) is 26.2 Å². The van der Waals surface area contributed by atoms with Crippen LogP contribution in [-0.2, 0) is 11.2 Å². The fraction of sp³-hybridized carbons (Fsp3) is 0.0714. The molecule has 100 valence electrons. The van der Waals surface area contributed by atoms with Crippen LogP contribution in [0.5, 0.6) is 0 Å². The van der Waals surface area contributed by atoms with Gasteiger partial charge in [0.15, 0.2) is 0 Å². The minimum absolute atomic E-state index is 0.178. The third-order valence-corrected chi connectivity index (χ3v) is 3.68. The van der Waals surface area contributed by atoms with E-state index in [1.165, 1.54) is 6.20 Å². The smallest absolute Gasteiger partial charge is 0.229 e. The molecule has 0 radical (unpaired) electrons. The molecule has 0 atom stereocenters. The Kier molecular flexibility index (Phi) is 4.72. The van der Waals surface area contributed by atoms with Gasteiger partial charge in [0.25, 0.3) is 0 Å². The Morgan fingerprint density at radius 1 is 1.45 bits per heavy atom. The molecule has 0 aliphatic heterocycles. The number of rotatable bonds is 3. The molecule has 1 N–H and O–H groups in total. The molecule has 0 aliphatic carbocycles. The molecule has 0 spiro atoms. The summed E-state index contributed by atoms with van der Waals surface area (Å²) in [4.78, 5) is 15.9. The first-order valence-electron chi connectivity index (χ1n) is 5.68. The van der Waals surface area contributed by atoms with Gasteiger partial charge >= 0.3 is 0 Å². The number of hydrogen-bond acceptors (Lipinski definition) is 3. The first kappa shape index (κ1) is 14.5. The molecule has 0 saturated carbocycles. The average Bonchev–Trinajstić information content (AvgIpc) is 2.43. The number of hydrogen-bond donors (Lipinski definition) is 1. The van der Waals surface area contributed by atoms with Gasteiger partial charge in [-0.2, -0.15) is 5.26 Å². The van der Waals surface area contributed by atoms with E-state index in [0.29, 0.717) is 20.9 Å². The Hall–Kier alpha value is -1.90. The quantitative estimate of drug-likeness (QED) is 0.920. The Balaban J connectivity index is 2.05. The van der Waals surface area contributed by atoms with Gasteiger partial charge in [0, 0.05) is 10.7 Å². The number of carbonyl (C=O) groups excluding carboxylic acids is 1. The average molecular weight is 351 g/mol. The zero-order valence-corrected chi connectivity index (χ0v) is 12.6. The van der Waals surface area contributed by atoms with Crippen molar-refractivity contribution in [3.8, 4) is 6.07 Å². The number of pyridine rings is 1. The van der Waals surface area contributed by atoms with Crippen LogP contribution in [-0.4, -0.2) is 10.9 Å². The second-order valence-corrected chi connectivity index (χ2v) is 5.28. The standard InChI is InChI=1S/C14H9BrClN3O/c15-11-6-13(18-8-12(11)16)19-14(20)5-9-2-1-3-10(4-9)7-17/h1-4,6,8H,5H2,(H,18,19,20). The van der Waals surface area contributed by atoms with Crippen molar-refractivity contribution in [3.63, 3.8) is 0 Å². The van der Waals surface area contributed by atoms with Crippen LogP contribution in [0.2, 0.25) is 5.02 Å². The van der Waals surface area contributed by atoms with Gasteiger partial charge < -0.3 is 5.32 Å². The lowest BCUT2D eigenvalue weighted by atomic mass is 10.1. The van der Waals surface area contributed by atoms with Gasteiger partial charge in [0.05, 0.1) is 23.1 Å². The van der Waals surface area contributed by atoms with E-state index < -0.39 is 0 Å². The molecule has 0 aliphatic rings. The summed E-state index contributed by atoms with van der Waals surface area (Å²) in [5.41, 5.74) is 1.30. The number of amides is 1. The predicted octanol–water partition coefficient (Wildman–Crippen LogP) is 3.55. The first-order valence-corrected chi connectivity index (χ1v) is 6.85. The molecule has 1 heterocycles. The SMILES string of the molecule is N#Cc1cccc(CC(=O)Nc2cc(Br)c(Cl)cn2)c1. The fourth-order valence-electron chi connectivity index (χ4n) is 1.61. The summed E-state index contributed by atoms with van der Waals surface area (Å²) in [6, 6.07) is 10.6. The molecule has 2 rings (SSSR count). The molecule has 0 bridgehead atoms. The van der Waals surface area contributed by atoms with Crippen LogP contribution < -0.4 is 5.32 Å². The van der Waals surface area contributed by atoms with Crippen LogP contribution in [0.3, 0.4) is 0 Å². The maximum absolute atomic E-state index is 11.9. The summed E-state index contributed by atoms with van der Waals surface area (Å²) >= 11 is 9.09. The minimum atomic E-state index is -0.207. The maximum atomic E-state index is 11.9. The molecule has 1 aromatic carbocycles. The van der Waals surface area contributed by atoms with Crippen LogP contribution in [0.1, 0.15) is 11.1 Å². The van der Waals surface area contributed by atoms with Crippen molar-refractivity contribution in [1.82, 2.24) is 4.98 Å². The monoisotopic (exact) mass is 349 g/mol. The minimum Gasteiger partial charge on any atom is -0.310 e. The number of anilines is 1. The van der Waals surface area contributed by atoms with E-state index in [1.54, 1.807) is 30.3 Å². The van der Waals surface area contributed by atoms with Gasteiger partial charge in [-0.15, -0.1) is 0 Å². The van der Waals surface area contributed by atoms with Gasteiger partial charge in [-0.1, -0.05) is 23.7 Å².